The van der Waals surface area contributed by atoms with Crippen LogP contribution in [0, 0.1) is 11.3 Å². The molecule has 3 rings (SSSR count). The molecule has 0 spiro atoms. The first-order chi connectivity index (χ1) is 12.2. The highest BCUT2D eigenvalue weighted by Crippen LogP contribution is 2.21. The van der Waals surface area contributed by atoms with Gasteiger partial charge in [-0.15, -0.1) is 0 Å². The van der Waals surface area contributed by atoms with Gasteiger partial charge in [0.15, 0.2) is 5.70 Å². The molecular formula is C20H17N3O2. The minimum Gasteiger partial charge on any atom is -0.402 e. The van der Waals surface area contributed by atoms with Gasteiger partial charge in [-0.2, -0.15) is 5.26 Å². The standard InChI is InChI=1S/C20H17N3O2/c1-23(13-5-12-21)17-10-8-15(9-11-17)14-18-20(24)25-19(22-18)16-6-3-2-4-7-16/h2-4,6-11,14H,5,13H2,1H3/b18-14+. The molecule has 5 heteroatoms. The van der Waals surface area contributed by atoms with Gasteiger partial charge in [-0.1, -0.05) is 30.3 Å². The van der Waals surface area contributed by atoms with Crippen molar-refractivity contribution in [3.63, 3.8) is 0 Å². The molecule has 2 aromatic carbocycles. The molecule has 0 atom stereocenters. The molecule has 0 saturated carbocycles. The van der Waals surface area contributed by atoms with E-state index in [2.05, 4.69) is 11.1 Å². The molecular weight excluding hydrogens is 314 g/mol. The van der Waals surface area contributed by atoms with Crippen LogP contribution in [-0.4, -0.2) is 25.5 Å². The van der Waals surface area contributed by atoms with Crippen molar-refractivity contribution >= 4 is 23.6 Å². The zero-order valence-electron chi connectivity index (χ0n) is 13.8. The summed E-state index contributed by atoms with van der Waals surface area (Å²) in [6.07, 6.45) is 2.18. The van der Waals surface area contributed by atoms with Crippen LogP contribution in [0.15, 0.2) is 65.3 Å². The summed E-state index contributed by atoms with van der Waals surface area (Å²) < 4.78 is 5.24. The van der Waals surface area contributed by atoms with Gasteiger partial charge in [0.2, 0.25) is 5.90 Å². The molecule has 0 bridgehead atoms. The van der Waals surface area contributed by atoms with E-state index in [9.17, 15) is 4.79 Å². The summed E-state index contributed by atoms with van der Waals surface area (Å²) in [4.78, 5) is 18.3. The summed E-state index contributed by atoms with van der Waals surface area (Å²) in [6.45, 7) is 0.675. The van der Waals surface area contributed by atoms with E-state index in [0.717, 1.165) is 16.8 Å². The van der Waals surface area contributed by atoms with Crippen LogP contribution in [0.1, 0.15) is 17.5 Å². The zero-order valence-corrected chi connectivity index (χ0v) is 13.8. The second kappa shape index (κ2) is 7.45. The number of esters is 1. The van der Waals surface area contributed by atoms with E-state index >= 15 is 0 Å². The second-order valence-corrected chi connectivity index (χ2v) is 5.62. The van der Waals surface area contributed by atoms with E-state index in [4.69, 9.17) is 10.00 Å². The number of benzene rings is 2. The maximum Gasteiger partial charge on any atom is 0.363 e. The number of nitriles is 1. The van der Waals surface area contributed by atoms with Gasteiger partial charge in [0.1, 0.15) is 0 Å². The van der Waals surface area contributed by atoms with E-state index in [0.29, 0.717) is 18.9 Å². The van der Waals surface area contributed by atoms with Crippen LogP contribution in [-0.2, 0) is 9.53 Å². The summed E-state index contributed by atoms with van der Waals surface area (Å²) in [5.41, 5.74) is 2.93. The molecule has 0 radical (unpaired) electrons. The first-order valence-electron chi connectivity index (χ1n) is 7.93. The lowest BCUT2D eigenvalue weighted by molar-refractivity contribution is -0.129. The second-order valence-electron chi connectivity index (χ2n) is 5.62. The first-order valence-corrected chi connectivity index (χ1v) is 7.93. The minimum absolute atomic E-state index is 0.282. The van der Waals surface area contributed by atoms with Crippen molar-refractivity contribution < 1.29 is 9.53 Å². The van der Waals surface area contributed by atoms with Crippen molar-refractivity contribution in [3.05, 3.63) is 71.4 Å². The van der Waals surface area contributed by atoms with E-state index in [-0.39, 0.29) is 5.70 Å². The number of hydrogen-bond donors (Lipinski definition) is 0. The normalized spacial score (nSPS) is 14.8. The Morgan fingerprint density at radius 2 is 1.88 bits per heavy atom. The van der Waals surface area contributed by atoms with Crippen LogP contribution >= 0.6 is 0 Å². The molecule has 1 heterocycles. The number of ether oxygens (including phenoxy) is 1. The lowest BCUT2D eigenvalue weighted by atomic mass is 10.1. The molecule has 5 nitrogen and oxygen atoms in total. The summed E-state index contributed by atoms with van der Waals surface area (Å²) in [6, 6.07) is 19.2. The van der Waals surface area contributed by atoms with Crippen LogP contribution in [0.2, 0.25) is 0 Å². The van der Waals surface area contributed by atoms with Crippen molar-refractivity contribution in [2.75, 3.05) is 18.5 Å². The first kappa shape index (κ1) is 16.5. The predicted molar refractivity (Wildman–Crippen MR) is 97.0 cm³/mol. The Morgan fingerprint density at radius 1 is 1.16 bits per heavy atom. The molecule has 2 aromatic rings. The molecule has 0 aromatic heterocycles. The molecule has 0 amide bonds. The fourth-order valence-corrected chi connectivity index (χ4v) is 2.44. The number of anilines is 1. The van der Waals surface area contributed by atoms with Crippen LogP contribution in [0.25, 0.3) is 6.08 Å². The Bertz CT molecular complexity index is 862. The molecule has 0 aliphatic carbocycles. The third kappa shape index (κ3) is 3.93. The van der Waals surface area contributed by atoms with Gasteiger partial charge in [0.05, 0.1) is 12.5 Å². The SMILES string of the molecule is CN(CCC#N)c1ccc(/C=C2/N=C(c3ccccc3)OC2=O)cc1. The molecule has 25 heavy (non-hydrogen) atoms. The number of cyclic esters (lactones) is 1. The molecule has 0 unspecified atom stereocenters. The van der Waals surface area contributed by atoms with Crippen LogP contribution in [0.5, 0.6) is 0 Å². The minimum atomic E-state index is -0.450. The van der Waals surface area contributed by atoms with Gasteiger partial charge < -0.3 is 9.64 Å². The third-order valence-electron chi connectivity index (χ3n) is 3.84. The van der Waals surface area contributed by atoms with Crippen LogP contribution in [0.3, 0.4) is 0 Å². The zero-order chi connectivity index (χ0) is 17.6. The van der Waals surface area contributed by atoms with Gasteiger partial charge in [0, 0.05) is 24.8 Å². The Labute approximate surface area is 146 Å². The van der Waals surface area contributed by atoms with E-state index in [1.807, 2.05) is 66.5 Å². The van der Waals surface area contributed by atoms with Crippen molar-refractivity contribution in [2.45, 2.75) is 6.42 Å². The van der Waals surface area contributed by atoms with Gasteiger partial charge in [-0.25, -0.2) is 9.79 Å². The topological polar surface area (TPSA) is 65.7 Å². The van der Waals surface area contributed by atoms with Gasteiger partial charge >= 0.3 is 5.97 Å². The van der Waals surface area contributed by atoms with Crippen LogP contribution < -0.4 is 4.90 Å². The monoisotopic (exact) mass is 331 g/mol. The van der Waals surface area contributed by atoms with Crippen LogP contribution in [0.4, 0.5) is 5.69 Å². The number of hydrogen-bond acceptors (Lipinski definition) is 5. The highest BCUT2D eigenvalue weighted by Gasteiger charge is 2.23. The lowest BCUT2D eigenvalue weighted by Crippen LogP contribution is -2.17. The smallest absolute Gasteiger partial charge is 0.363 e. The maximum absolute atomic E-state index is 12.0. The number of carbonyl (C=O) groups is 1. The van der Waals surface area contributed by atoms with E-state index in [1.54, 1.807) is 6.08 Å². The van der Waals surface area contributed by atoms with Crippen molar-refractivity contribution in [2.24, 2.45) is 4.99 Å². The average Bonchev–Trinajstić information content (AvgIpc) is 3.01. The predicted octanol–water partition coefficient (Wildman–Crippen LogP) is 3.38. The molecule has 1 aliphatic rings. The largest absolute Gasteiger partial charge is 0.402 e. The lowest BCUT2D eigenvalue weighted by Gasteiger charge is -2.17. The number of carbonyl (C=O) groups excluding carboxylic acids is 1. The van der Waals surface area contributed by atoms with Gasteiger partial charge in [-0.3, -0.25) is 0 Å². The highest BCUT2D eigenvalue weighted by molar-refractivity contribution is 6.12. The Hall–Kier alpha value is -3.39. The summed E-state index contributed by atoms with van der Waals surface area (Å²) in [7, 11) is 1.94. The van der Waals surface area contributed by atoms with E-state index in [1.165, 1.54) is 0 Å². The molecule has 124 valence electrons. The molecule has 0 fully saturated rings. The Balaban J connectivity index is 1.77. The van der Waals surface area contributed by atoms with Gasteiger partial charge in [-0.05, 0) is 35.9 Å². The molecule has 1 aliphatic heterocycles. The third-order valence-corrected chi connectivity index (χ3v) is 3.84. The average molecular weight is 331 g/mol. The summed E-state index contributed by atoms with van der Waals surface area (Å²) in [5.74, 6) is -0.126. The number of rotatable bonds is 5. The number of nitrogens with zero attached hydrogens (tertiary/aromatic N) is 3. The number of aliphatic imine (C=N–C) groups is 1. The Morgan fingerprint density at radius 3 is 2.56 bits per heavy atom. The molecule has 0 saturated heterocycles. The molecule has 0 N–H and O–H groups in total. The van der Waals surface area contributed by atoms with Crippen molar-refractivity contribution in [1.29, 1.82) is 5.26 Å². The summed E-state index contributed by atoms with van der Waals surface area (Å²) in [5, 5.41) is 8.65. The fourth-order valence-electron chi connectivity index (χ4n) is 2.44. The fraction of sp³-hybridized carbons (Fsp3) is 0.150. The van der Waals surface area contributed by atoms with Crippen molar-refractivity contribution in [1.82, 2.24) is 0 Å². The Kier molecular flexibility index (Phi) is 4.91. The van der Waals surface area contributed by atoms with E-state index < -0.39 is 5.97 Å². The van der Waals surface area contributed by atoms with Gasteiger partial charge in [0.25, 0.3) is 0 Å². The van der Waals surface area contributed by atoms with Crippen molar-refractivity contribution in [3.8, 4) is 6.07 Å². The quantitative estimate of drug-likeness (QED) is 0.622. The highest BCUT2D eigenvalue weighted by atomic mass is 16.6. The summed E-state index contributed by atoms with van der Waals surface area (Å²) >= 11 is 0. The maximum atomic E-state index is 12.0.